The molecule has 102 valence electrons. The number of halogens is 3. The summed E-state index contributed by atoms with van der Waals surface area (Å²) in [6.45, 7) is 1.87. The maximum absolute atomic E-state index is 11.8. The van der Waals surface area contributed by atoms with E-state index in [1.165, 1.54) is 6.20 Å². The number of pyridine rings is 1. The summed E-state index contributed by atoms with van der Waals surface area (Å²) in [5, 5.41) is 6.73. The molecule has 1 saturated heterocycles. The van der Waals surface area contributed by atoms with Crippen LogP contribution in [0.3, 0.4) is 0 Å². The normalized spacial score (nSPS) is 18.2. The van der Waals surface area contributed by atoms with E-state index in [0.717, 1.165) is 25.9 Å². The van der Waals surface area contributed by atoms with Gasteiger partial charge in [-0.3, -0.25) is 4.79 Å². The van der Waals surface area contributed by atoms with Crippen LogP contribution in [0, 0.1) is 0 Å². The minimum absolute atomic E-state index is 0. The quantitative estimate of drug-likeness (QED) is 0.879. The van der Waals surface area contributed by atoms with Crippen LogP contribution in [0.4, 0.5) is 0 Å². The molecule has 0 bridgehead atoms. The first-order valence-corrected chi connectivity index (χ1v) is 5.76. The Kier molecular flexibility index (Phi) is 8.27. The van der Waals surface area contributed by atoms with Crippen LogP contribution in [0.25, 0.3) is 0 Å². The molecule has 1 aromatic rings. The summed E-state index contributed by atoms with van der Waals surface area (Å²) in [6, 6.07) is 3.51. The zero-order valence-corrected chi connectivity index (χ0v) is 12.1. The van der Waals surface area contributed by atoms with E-state index < -0.39 is 0 Å². The number of piperidine rings is 1. The van der Waals surface area contributed by atoms with Crippen molar-refractivity contribution < 1.29 is 4.79 Å². The summed E-state index contributed by atoms with van der Waals surface area (Å²) in [6.07, 6.45) is 3.60. The van der Waals surface area contributed by atoms with Gasteiger partial charge >= 0.3 is 0 Å². The van der Waals surface area contributed by atoms with E-state index in [2.05, 4.69) is 15.6 Å². The maximum atomic E-state index is 11.8. The fourth-order valence-corrected chi connectivity index (χ4v) is 1.86. The van der Waals surface area contributed by atoms with Crippen molar-refractivity contribution in [2.24, 2.45) is 0 Å². The third-order valence-corrected chi connectivity index (χ3v) is 2.82. The molecule has 0 aliphatic carbocycles. The Morgan fingerprint density at radius 2 is 2.22 bits per heavy atom. The van der Waals surface area contributed by atoms with Crippen LogP contribution in [-0.2, 0) is 0 Å². The zero-order valence-electron chi connectivity index (χ0n) is 9.69. The number of hydrogen-bond donors (Lipinski definition) is 2. The number of carbonyl (C=O) groups is 1. The van der Waals surface area contributed by atoms with Crippen molar-refractivity contribution in [3.05, 3.63) is 29.0 Å². The van der Waals surface area contributed by atoms with Gasteiger partial charge < -0.3 is 10.6 Å². The molecule has 7 heteroatoms. The average Bonchev–Trinajstić information content (AvgIpc) is 2.31. The molecule has 1 aliphatic rings. The number of hydrogen-bond acceptors (Lipinski definition) is 3. The monoisotopic (exact) mass is 311 g/mol. The number of rotatable bonds is 2. The lowest BCUT2D eigenvalue weighted by Crippen LogP contribution is -2.45. The van der Waals surface area contributed by atoms with E-state index in [1.54, 1.807) is 12.1 Å². The van der Waals surface area contributed by atoms with Gasteiger partial charge in [-0.2, -0.15) is 0 Å². The standard InChI is InChI=1S/C11H14ClN3O.2ClH/c12-8-3-4-10(14-6-8)11(16)15-9-2-1-5-13-7-9;;/h3-4,6,9,13H,1-2,5,7H2,(H,15,16);2*1H/t9-;;/m0../s1. The molecule has 1 atom stereocenters. The summed E-state index contributed by atoms with van der Waals surface area (Å²) in [5.41, 5.74) is 0.412. The molecule has 4 nitrogen and oxygen atoms in total. The molecule has 0 saturated carbocycles. The van der Waals surface area contributed by atoms with Crippen LogP contribution >= 0.6 is 36.4 Å². The molecule has 1 aromatic heterocycles. The minimum Gasteiger partial charge on any atom is -0.347 e. The Labute approximate surface area is 124 Å². The van der Waals surface area contributed by atoms with Crippen LogP contribution in [0.15, 0.2) is 18.3 Å². The molecule has 1 aliphatic heterocycles. The van der Waals surface area contributed by atoms with Gasteiger partial charge in [0.1, 0.15) is 5.69 Å². The number of nitrogens with one attached hydrogen (secondary N) is 2. The van der Waals surface area contributed by atoms with Crippen LogP contribution in [0.5, 0.6) is 0 Å². The van der Waals surface area contributed by atoms with E-state index in [1.807, 2.05) is 0 Å². The topological polar surface area (TPSA) is 54.0 Å². The Morgan fingerprint density at radius 1 is 1.44 bits per heavy atom. The van der Waals surface area contributed by atoms with Gasteiger partial charge in [0.25, 0.3) is 5.91 Å². The largest absolute Gasteiger partial charge is 0.347 e. The van der Waals surface area contributed by atoms with E-state index in [0.29, 0.717) is 10.7 Å². The van der Waals surface area contributed by atoms with Gasteiger partial charge in [-0.25, -0.2) is 4.98 Å². The zero-order chi connectivity index (χ0) is 11.4. The lowest BCUT2D eigenvalue weighted by Gasteiger charge is -2.23. The van der Waals surface area contributed by atoms with E-state index in [9.17, 15) is 4.79 Å². The lowest BCUT2D eigenvalue weighted by atomic mass is 10.1. The lowest BCUT2D eigenvalue weighted by molar-refractivity contribution is 0.0925. The molecule has 0 aromatic carbocycles. The van der Waals surface area contributed by atoms with Crippen LogP contribution in [0.2, 0.25) is 5.02 Å². The molecule has 2 heterocycles. The molecule has 0 radical (unpaired) electrons. The summed E-state index contributed by atoms with van der Waals surface area (Å²) in [7, 11) is 0. The van der Waals surface area contributed by atoms with Gasteiger partial charge in [0.05, 0.1) is 5.02 Å². The smallest absolute Gasteiger partial charge is 0.270 e. The Morgan fingerprint density at radius 3 is 2.78 bits per heavy atom. The van der Waals surface area contributed by atoms with Crippen LogP contribution in [0.1, 0.15) is 23.3 Å². The first-order valence-electron chi connectivity index (χ1n) is 5.39. The molecular weight excluding hydrogens is 296 g/mol. The molecule has 0 spiro atoms. The van der Waals surface area contributed by atoms with Gasteiger partial charge in [-0.15, -0.1) is 24.8 Å². The number of amides is 1. The predicted octanol–water partition coefficient (Wildman–Crippen LogP) is 2.06. The maximum Gasteiger partial charge on any atom is 0.270 e. The highest BCUT2D eigenvalue weighted by Crippen LogP contribution is 2.07. The molecular formula is C11H16Cl3N3O. The van der Waals surface area contributed by atoms with Crippen molar-refractivity contribution in [1.82, 2.24) is 15.6 Å². The summed E-state index contributed by atoms with van der Waals surface area (Å²) >= 11 is 5.70. The van der Waals surface area contributed by atoms with E-state index >= 15 is 0 Å². The fraction of sp³-hybridized carbons (Fsp3) is 0.455. The van der Waals surface area contributed by atoms with Crippen LogP contribution < -0.4 is 10.6 Å². The number of nitrogens with zero attached hydrogens (tertiary/aromatic N) is 1. The van der Waals surface area contributed by atoms with Crippen molar-refractivity contribution in [2.75, 3.05) is 13.1 Å². The third-order valence-electron chi connectivity index (χ3n) is 2.59. The summed E-state index contributed by atoms with van der Waals surface area (Å²) in [4.78, 5) is 15.8. The minimum atomic E-state index is -0.134. The second kappa shape index (κ2) is 8.53. The van der Waals surface area contributed by atoms with Gasteiger partial charge in [0, 0.05) is 18.8 Å². The average molecular weight is 313 g/mol. The van der Waals surface area contributed by atoms with E-state index in [-0.39, 0.29) is 36.8 Å². The van der Waals surface area contributed by atoms with Gasteiger partial charge in [0.15, 0.2) is 0 Å². The van der Waals surface area contributed by atoms with Crippen molar-refractivity contribution in [3.63, 3.8) is 0 Å². The summed E-state index contributed by atoms with van der Waals surface area (Å²) in [5.74, 6) is -0.134. The van der Waals surface area contributed by atoms with Gasteiger partial charge in [-0.1, -0.05) is 11.6 Å². The second-order valence-electron chi connectivity index (χ2n) is 3.88. The van der Waals surface area contributed by atoms with Crippen molar-refractivity contribution >= 4 is 42.3 Å². The Balaban J connectivity index is 0.00000144. The highest BCUT2D eigenvalue weighted by Gasteiger charge is 2.16. The highest BCUT2D eigenvalue weighted by atomic mass is 35.5. The molecule has 0 unspecified atom stereocenters. The Bertz CT molecular complexity index is 366. The molecule has 1 amide bonds. The highest BCUT2D eigenvalue weighted by molar-refractivity contribution is 6.30. The molecule has 2 rings (SSSR count). The predicted molar refractivity (Wildman–Crippen MR) is 77.1 cm³/mol. The summed E-state index contributed by atoms with van der Waals surface area (Å²) < 4.78 is 0. The Hall–Kier alpha value is -0.550. The van der Waals surface area contributed by atoms with Crippen molar-refractivity contribution in [2.45, 2.75) is 18.9 Å². The van der Waals surface area contributed by atoms with Crippen molar-refractivity contribution in [3.8, 4) is 0 Å². The first kappa shape index (κ1) is 17.4. The van der Waals surface area contributed by atoms with Crippen LogP contribution in [-0.4, -0.2) is 30.0 Å². The number of carbonyl (C=O) groups excluding carboxylic acids is 1. The van der Waals surface area contributed by atoms with E-state index in [4.69, 9.17) is 11.6 Å². The molecule has 1 fully saturated rings. The molecule has 18 heavy (non-hydrogen) atoms. The van der Waals surface area contributed by atoms with Crippen molar-refractivity contribution in [1.29, 1.82) is 0 Å². The first-order chi connectivity index (χ1) is 7.75. The fourth-order valence-electron chi connectivity index (χ4n) is 1.74. The molecule has 2 N–H and O–H groups in total. The third kappa shape index (κ3) is 4.98. The second-order valence-corrected chi connectivity index (χ2v) is 4.31. The SMILES string of the molecule is Cl.Cl.O=C(N[C@H]1CCCNC1)c1ccc(Cl)cn1. The van der Waals surface area contributed by atoms with Gasteiger partial charge in [-0.05, 0) is 31.5 Å². The number of aromatic nitrogens is 1. The van der Waals surface area contributed by atoms with Gasteiger partial charge in [0.2, 0.25) is 0 Å².